The molecule has 1 aromatic carbocycles. The van der Waals surface area contributed by atoms with Crippen molar-refractivity contribution in [3.8, 4) is 0 Å². The van der Waals surface area contributed by atoms with Crippen LogP contribution in [0.15, 0.2) is 24.3 Å². The van der Waals surface area contributed by atoms with Gasteiger partial charge in [-0.2, -0.15) is 0 Å². The lowest BCUT2D eigenvalue weighted by Gasteiger charge is -2.01. The third-order valence-electron chi connectivity index (χ3n) is 2.68. The minimum absolute atomic E-state index is 0.0181. The molecule has 0 spiro atoms. The van der Waals surface area contributed by atoms with Crippen LogP contribution in [0.3, 0.4) is 0 Å². The van der Waals surface area contributed by atoms with E-state index in [2.05, 4.69) is 0 Å². The van der Waals surface area contributed by atoms with E-state index in [4.69, 9.17) is 4.74 Å². The molecular formula is C12H13FO2. The fraction of sp³-hybridized carbons (Fsp3) is 0.417. The summed E-state index contributed by atoms with van der Waals surface area (Å²) < 4.78 is 17.6. The highest BCUT2D eigenvalue weighted by Crippen LogP contribution is 2.48. The fourth-order valence-corrected chi connectivity index (χ4v) is 1.78. The highest BCUT2D eigenvalue weighted by Gasteiger charge is 2.44. The monoisotopic (exact) mass is 208 g/mol. The SMILES string of the molecule is CCOC(=O)[C@@H]1C[C@H]1c1ccc(F)cc1. The van der Waals surface area contributed by atoms with Gasteiger partial charge in [0.25, 0.3) is 0 Å². The van der Waals surface area contributed by atoms with Crippen molar-refractivity contribution in [3.05, 3.63) is 35.6 Å². The standard InChI is InChI=1S/C12H13FO2/c1-2-15-12(14)11-7-10(11)8-3-5-9(13)6-4-8/h3-6,10-11H,2,7H2,1H3/t10-,11+/m0/s1. The van der Waals surface area contributed by atoms with Crippen LogP contribution in [0.4, 0.5) is 4.39 Å². The second-order valence-corrected chi connectivity index (χ2v) is 3.75. The summed E-state index contributed by atoms with van der Waals surface area (Å²) in [6.07, 6.45) is 0.824. The van der Waals surface area contributed by atoms with Gasteiger partial charge in [-0.05, 0) is 37.0 Å². The average Bonchev–Trinajstić information content (AvgIpc) is 2.99. The van der Waals surface area contributed by atoms with Gasteiger partial charge in [-0.3, -0.25) is 4.79 Å². The van der Waals surface area contributed by atoms with E-state index < -0.39 is 0 Å². The number of rotatable bonds is 3. The molecule has 0 aliphatic heterocycles. The Balaban J connectivity index is 1.98. The zero-order valence-corrected chi connectivity index (χ0v) is 8.57. The molecule has 0 N–H and O–H groups in total. The first-order valence-electron chi connectivity index (χ1n) is 5.14. The summed E-state index contributed by atoms with van der Waals surface area (Å²) in [5.41, 5.74) is 1.02. The van der Waals surface area contributed by atoms with Crippen molar-refractivity contribution in [1.29, 1.82) is 0 Å². The predicted molar refractivity (Wildman–Crippen MR) is 53.9 cm³/mol. The molecule has 0 aromatic heterocycles. The maximum absolute atomic E-state index is 12.7. The van der Waals surface area contributed by atoms with Crippen molar-refractivity contribution in [1.82, 2.24) is 0 Å². The van der Waals surface area contributed by atoms with E-state index in [1.807, 2.05) is 0 Å². The number of halogens is 1. The van der Waals surface area contributed by atoms with Gasteiger partial charge < -0.3 is 4.74 Å². The van der Waals surface area contributed by atoms with Gasteiger partial charge >= 0.3 is 5.97 Å². The molecule has 1 saturated carbocycles. The molecule has 1 aliphatic carbocycles. The number of esters is 1. The van der Waals surface area contributed by atoms with Gasteiger partial charge in [-0.15, -0.1) is 0 Å². The summed E-state index contributed by atoms with van der Waals surface area (Å²) >= 11 is 0. The second-order valence-electron chi connectivity index (χ2n) is 3.75. The van der Waals surface area contributed by atoms with Crippen molar-refractivity contribution >= 4 is 5.97 Å². The second kappa shape index (κ2) is 4.01. The summed E-state index contributed by atoms with van der Waals surface area (Å²) in [5, 5.41) is 0. The Kier molecular flexibility index (Phi) is 2.71. The van der Waals surface area contributed by atoms with Crippen LogP contribution in [-0.4, -0.2) is 12.6 Å². The third kappa shape index (κ3) is 2.17. The Hall–Kier alpha value is -1.38. The molecule has 3 heteroatoms. The van der Waals surface area contributed by atoms with Gasteiger partial charge in [-0.1, -0.05) is 12.1 Å². The van der Waals surface area contributed by atoms with Gasteiger partial charge in [0.15, 0.2) is 0 Å². The molecule has 2 nitrogen and oxygen atoms in total. The first-order valence-corrected chi connectivity index (χ1v) is 5.14. The molecule has 0 heterocycles. The predicted octanol–water partition coefficient (Wildman–Crippen LogP) is 2.49. The highest BCUT2D eigenvalue weighted by atomic mass is 19.1. The van der Waals surface area contributed by atoms with E-state index in [1.54, 1.807) is 19.1 Å². The molecule has 0 amide bonds. The van der Waals surface area contributed by atoms with Crippen LogP contribution in [-0.2, 0) is 9.53 Å². The molecule has 15 heavy (non-hydrogen) atoms. The van der Waals surface area contributed by atoms with Crippen LogP contribution in [0.5, 0.6) is 0 Å². The Morgan fingerprint density at radius 3 is 2.73 bits per heavy atom. The van der Waals surface area contributed by atoms with E-state index in [-0.39, 0.29) is 23.6 Å². The maximum atomic E-state index is 12.7. The molecule has 1 aromatic rings. The molecular weight excluding hydrogens is 195 g/mol. The minimum Gasteiger partial charge on any atom is -0.466 e. The highest BCUT2D eigenvalue weighted by molar-refractivity contribution is 5.77. The lowest BCUT2D eigenvalue weighted by atomic mass is 10.1. The van der Waals surface area contributed by atoms with Gasteiger partial charge in [0.05, 0.1) is 12.5 Å². The summed E-state index contributed by atoms with van der Waals surface area (Å²) in [7, 11) is 0. The summed E-state index contributed by atoms with van der Waals surface area (Å²) in [6.45, 7) is 2.22. The van der Waals surface area contributed by atoms with Gasteiger partial charge in [0.2, 0.25) is 0 Å². The third-order valence-corrected chi connectivity index (χ3v) is 2.68. The summed E-state index contributed by atoms with van der Waals surface area (Å²) in [4.78, 5) is 11.4. The van der Waals surface area contributed by atoms with E-state index in [1.165, 1.54) is 12.1 Å². The van der Waals surface area contributed by atoms with Gasteiger partial charge in [-0.25, -0.2) is 4.39 Å². The van der Waals surface area contributed by atoms with Crippen LogP contribution in [0, 0.1) is 11.7 Å². The van der Waals surface area contributed by atoms with Crippen LogP contribution in [0.25, 0.3) is 0 Å². The minimum atomic E-state index is -0.243. The van der Waals surface area contributed by atoms with Crippen LogP contribution in [0.1, 0.15) is 24.8 Å². The Labute approximate surface area is 88.1 Å². The molecule has 0 saturated heterocycles. The molecule has 1 fully saturated rings. The van der Waals surface area contributed by atoms with Crippen LogP contribution in [0.2, 0.25) is 0 Å². The molecule has 1 aliphatic rings. The molecule has 2 atom stereocenters. The van der Waals surface area contributed by atoms with E-state index >= 15 is 0 Å². The normalized spacial score (nSPS) is 23.6. The smallest absolute Gasteiger partial charge is 0.309 e. The number of carbonyl (C=O) groups is 1. The number of benzene rings is 1. The zero-order chi connectivity index (χ0) is 10.8. The zero-order valence-electron chi connectivity index (χ0n) is 8.57. The number of hydrogen-bond donors (Lipinski definition) is 0. The van der Waals surface area contributed by atoms with Crippen molar-refractivity contribution < 1.29 is 13.9 Å². The van der Waals surface area contributed by atoms with E-state index in [9.17, 15) is 9.18 Å². The topological polar surface area (TPSA) is 26.3 Å². The first kappa shape index (κ1) is 10.1. The molecule has 0 bridgehead atoms. The molecule has 80 valence electrons. The van der Waals surface area contributed by atoms with E-state index in [0.29, 0.717) is 6.61 Å². The Morgan fingerprint density at radius 1 is 1.47 bits per heavy atom. The van der Waals surface area contributed by atoms with E-state index in [0.717, 1.165) is 12.0 Å². The van der Waals surface area contributed by atoms with Crippen molar-refractivity contribution in [3.63, 3.8) is 0 Å². The maximum Gasteiger partial charge on any atom is 0.309 e. The van der Waals surface area contributed by atoms with Crippen molar-refractivity contribution in [2.45, 2.75) is 19.3 Å². The molecule has 0 unspecified atom stereocenters. The number of carbonyl (C=O) groups excluding carboxylic acids is 1. The van der Waals surface area contributed by atoms with Gasteiger partial charge in [0, 0.05) is 0 Å². The lowest BCUT2D eigenvalue weighted by molar-refractivity contribution is -0.144. The fourth-order valence-electron chi connectivity index (χ4n) is 1.78. The summed E-state index contributed by atoms with van der Waals surface area (Å²) in [6, 6.07) is 6.32. The largest absolute Gasteiger partial charge is 0.466 e. The van der Waals surface area contributed by atoms with Crippen LogP contribution >= 0.6 is 0 Å². The van der Waals surface area contributed by atoms with Crippen molar-refractivity contribution in [2.75, 3.05) is 6.61 Å². The Bertz CT molecular complexity index is 358. The first-order chi connectivity index (χ1) is 7.22. The van der Waals surface area contributed by atoms with Crippen LogP contribution < -0.4 is 0 Å². The average molecular weight is 208 g/mol. The molecule has 0 radical (unpaired) electrons. The lowest BCUT2D eigenvalue weighted by Crippen LogP contribution is -2.07. The number of hydrogen-bond acceptors (Lipinski definition) is 2. The molecule has 2 rings (SSSR count). The van der Waals surface area contributed by atoms with Crippen molar-refractivity contribution in [2.24, 2.45) is 5.92 Å². The number of ether oxygens (including phenoxy) is 1. The summed E-state index contributed by atoms with van der Waals surface area (Å²) in [5.74, 6) is -0.168. The Morgan fingerprint density at radius 2 is 2.13 bits per heavy atom. The van der Waals surface area contributed by atoms with Gasteiger partial charge in [0.1, 0.15) is 5.82 Å². The quantitative estimate of drug-likeness (QED) is 0.713.